The second kappa shape index (κ2) is 11.6. The Balaban J connectivity index is 0.00000122. The first-order valence-electron chi connectivity index (χ1n) is 9.70. The predicted molar refractivity (Wildman–Crippen MR) is 127 cm³/mol. The van der Waals surface area contributed by atoms with Crippen LogP contribution < -0.4 is 16.0 Å². The number of hydrogen-bond acceptors (Lipinski definition) is 8. The molecule has 0 atom stereocenters. The number of amides is 1. The summed E-state index contributed by atoms with van der Waals surface area (Å²) >= 11 is 0. The molecule has 33 heavy (non-hydrogen) atoms. The number of sulfone groups is 1. The lowest BCUT2D eigenvalue weighted by Crippen LogP contribution is -2.19. The Kier molecular flexibility index (Phi) is 8.87. The summed E-state index contributed by atoms with van der Waals surface area (Å²) in [5.41, 5.74) is 3.28. The van der Waals surface area contributed by atoms with Gasteiger partial charge in [-0.05, 0) is 36.8 Å². The third kappa shape index (κ3) is 7.89. The molecule has 10 nitrogen and oxygen atoms in total. The molecule has 11 heteroatoms. The second-order valence-electron chi connectivity index (χ2n) is 6.98. The van der Waals surface area contributed by atoms with Crippen molar-refractivity contribution in [3.63, 3.8) is 0 Å². The minimum atomic E-state index is -3.13. The number of aryl methyl sites for hydroxylation is 1. The molecule has 0 saturated carbocycles. The number of aromatic nitrogens is 2. The van der Waals surface area contributed by atoms with Crippen LogP contribution in [0.3, 0.4) is 0 Å². The van der Waals surface area contributed by atoms with Crippen LogP contribution in [0.15, 0.2) is 54.7 Å². The van der Waals surface area contributed by atoms with E-state index in [2.05, 4.69) is 25.9 Å². The summed E-state index contributed by atoms with van der Waals surface area (Å²) in [6, 6.07) is 14.2. The lowest BCUT2D eigenvalue weighted by Gasteiger charge is -2.14. The molecule has 0 fully saturated rings. The van der Waals surface area contributed by atoms with E-state index in [1.54, 1.807) is 49.6 Å². The van der Waals surface area contributed by atoms with Gasteiger partial charge in [0.15, 0.2) is 9.84 Å². The zero-order valence-corrected chi connectivity index (χ0v) is 19.2. The van der Waals surface area contributed by atoms with Gasteiger partial charge in [0.2, 0.25) is 5.95 Å². The molecule has 0 saturated heterocycles. The molecule has 0 aliphatic heterocycles. The largest absolute Gasteiger partial charge is 0.483 e. The number of carboxylic acid groups (broad SMARTS) is 1. The number of para-hydroxylation sites is 1. The molecule has 0 radical (unpaired) electrons. The Morgan fingerprint density at radius 2 is 1.82 bits per heavy atom. The van der Waals surface area contributed by atoms with Crippen molar-refractivity contribution in [3.05, 3.63) is 71.4 Å². The Labute approximate surface area is 192 Å². The van der Waals surface area contributed by atoms with Gasteiger partial charge in [-0.1, -0.05) is 24.3 Å². The van der Waals surface area contributed by atoms with Gasteiger partial charge in [0, 0.05) is 30.8 Å². The Hall–Kier alpha value is -3.99. The Morgan fingerprint density at radius 1 is 1.12 bits per heavy atom. The molecule has 1 heterocycles. The molecule has 1 aromatic heterocycles. The summed E-state index contributed by atoms with van der Waals surface area (Å²) in [7, 11) is -1.55. The van der Waals surface area contributed by atoms with Crippen LogP contribution in [0.5, 0.6) is 0 Å². The van der Waals surface area contributed by atoms with Gasteiger partial charge in [0.05, 0.1) is 17.0 Å². The topological polar surface area (TPSA) is 150 Å². The highest BCUT2D eigenvalue weighted by molar-refractivity contribution is 7.89. The van der Waals surface area contributed by atoms with Crippen LogP contribution in [0, 0.1) is 6.92 Å². The average molecular weight is 472 g/mol. The standard InChI is InChI=1S/C21H23N5O3S.CH2O2/c1-14-12-23-21(24-16-8-6-7-15(11-16)13-30(3,28)29)26-19(14)25-18-10-5-4-9-17(18)20(27)22-2;2-1-3/h4-12H,13H2,1-3H3,(H,22,27)(H2,23,24,25,26);1H,(H,2,3). The molecule has 0 spiro atoms. The van der Waals surface area contributed by atoms with Crippen molar-refractivity contribution in [1.82, 2.24) is 15.3 Å². The van der Waals surface area contributed by atoms with Crippen LogP contribution in [0.2, 0.25) is 0 Å². The van der Waals surface area contributed by atoms with Crippen LogP contribution >= 0.6 is 0 Å². The third-order valence-electron chi connectivity index (χ3n) is 4.24. The van der Waals surface area contributed by atoms with E-state index >= 15 is 0 Å². The van der Waals surface area contributed by atoms with Crippen molar-refractivity contribution in [2.24, 2.45) is 0 Å². The van der Waals surface area contributed by atoms with Gasteiger partial charge in [-0.3, -0.25) is 9.59 Å². The molecule has 1 amide bonds. The van der Waals surface area contributed by atoms with Gasteiger partial charge in [0.25, 0.3) is 12.4 Å². The molecule has 0 aliphatic rings. The number of nitrogens with zero attached hydrogens (tertiary/aromatic N) is 2. The van der Waals surface area contributed by atoms with E-state index in [4.69, 9.17) is 9.90 Å². The molecule has 0 unspecified atom stereocenters. The van der Waals surface area contributed by atoms with E-state index in [0.717, 1.165) is 5.56 Å². The van der Waals surface area contributed by atoms with Crippen LogP contribution in [0.25, 0.3) is 0 Å². The number of benzene rings is 2. The highest BCUT2D eigenvalue weighted by atomic mass is 32.2. The summed E-state index contributed by atoms with van der Waals surface area (Å²) in [5, 5.41) is 15.8. The smallest absolute Gasteiger partial charge is 0.290 e. The van der Waals surface area contributed by atoms with E-state index < -0.39 is 9.84 Å². The van der Waals surface area contributed by atoms with E-state index in [9.17, 15) is 13.2 Å². The fraction of sp³-hybridized carbons (Fsp3) is 0.182. The first-order chi connectivity index (χ1) is 15.7. The molecule has 2 aromatic carbocycles. The average Bonchev–Trinajstić information content (AvgIpc) is 2.75. The molecule has 174 valence electrons. The first kappa shape index (κ1) is 25.3. The fourth-order valence-electron chi connectivity index (χ4n) is 2.85. The third-order valence-corrected chi connectivity index (χ3v) is 5.09. The number of hydrogen-bond donors (Lipinski definition) is 4. The lowest BCUT2D eigenvalue weighted by molar-refractivity contribution is -0.122. The summed E-state index contributed by atoms with van der Waals surface area (Å²) in [6.07, 6.45) is 2.87. The maximum Gasteiger partial charge on any atom is 0.290 e. The highest BCUT2D eigenvalue weighted by Gasteiger charge is 2.12. The highest BCUT2D eigenvalue weighted by Crippen LogP contribution is 2.24. The summed E-state index contributed by atoms with van der Waals surface area (Å²) < 4.78 is 23.1. The van der Waals surface area contributed by atoms with Crippen LogP contribution in [0.1, 0.15) is 21.5 Å². The van der Waals surface area contributed by atoms with Gasteiger partial charge in [-0.2, -0.15) is 4.98 Å². The van der Waals surface area contributed by atoms with Crippen molar-refractivity contribution in [1.29, 1.82) is 0 Å². The molecule has 0 bridgehead atoms. The lowest BCUT2D eigenvalue weighted by atomic mass is 10.1. The van der Waals surface area contributed by atoms with Crippen LogP contribution in [-0.2, 0) is 20.4 Å². The predicted octanol–water partition coefficient (Wildman–Crippen LogP) is 2.88. The van der Waals surface area contributed by atoms with Gasteiger partial charge in [0.1, 0.15) is 5.82 Å². The van der Waals surface area contributed by atoms with Gasteiger partial charge < -0.3 is 21.1 Å². The first-order valence-corrected chi connectivity index (χ1v) is 11.8. The molecular formula is C22H25N5O5S. The van der Waals surface area contributed by atoms with Crippen molar-refractivity contribution < 1.29 is 23.1 Å². The number of anilines is 4. The normalized spacial score (nSPS) is 10.4. The number of carbonyl (C=O) groups is 2. The van der Waals surface area contributed by atoms with E-state index in [1.165, 1.54) is 6.26 Å². The zero-order chi connectivity index (χ0) is 24.4. The fourth-order valence-corrected chi connectivity index (χ4v) is 3.64. The van der Waals surface area contributed by atoms with Crippen LogP contribution in [0.4, 0.5) is 23.1 Å². The summed E-state index contributed by atoms with van der Waals surface area (Å²) in [4.78, 5) is 29.3. The summed E-state index contributed by atoms with van der Waals surface area (Å²) in [5.74, 6) is 0.652. The van der Waals surface area contributed by atoms with Crippen molar-refractivity contribution >= 4 is 45.4 Å². The number of rotatable bonds is 7. The van der Waals surface area contributed by atoms with Crippen molar-refractivity contribution in [3.8, 4) is 0 Å². The monoisotopic (exact) mass is 471 g/mol. The Bertz CT molecular complexity index is 1230. The van der Waals surface area contributed by atoms with E-state index in [0.29, 0.717) is 34.3 Å². The van der Waals surface area contributed by atoms with Gasteiger partial charge in [-0.25, -0.2) is 13.4 Å². The van der Waals surface area contributed by atoms with Crippen molar-refractivity contribution in [2.45, 2.75) is 12.7 Å². The van der Waals surface area contributed by atoms with E-state index in [-0.39, 0.29) is 18.1 Å². The molecule has 0 aliphatic carbocycles. The molecule has 4 N–H and O–H groups in total. The maximum absolute atomic E-state index is 12.1. The second-order valence-corrected chi connectivity index (χ2v) is 9.12. The van der Waals surface area contributed by atoms with Gasteiger partial charge >= 0.3 is 0 Å². The number of carbonyl (C=O) groups excluding carboxylic acids is 1. The van der Waals surface area contributed by atoms with E-state index in [1.807, 2.05) is 19.1 Å². The van der Waals surface area contributed by atoms with Crippen molar-refractivity contribution in [2.75, 3.05) is 23.9 Å². The van der Waals surface area contributed by atoms with Crippen LogP contribution in [-0.4, -0.2) is 49.2 Å². The quantitative estimate of drug-likeness (QED) is 0.381. The minimum Gasteiger partial charge on any atom is -0.483 e. The SMILES string of the molecule is CNC(=O)c1ccccc1Nc1nc(Nc2cccc(CS(C)(=O)=O)c2)ncc1C.O=CO. The van der Waals surface area contributed by atoms with Gasteiger partial charge in [-0.15, -0.1) is 0 Å². The molecular weight excluding hydrogens is 446 g/mol. The molecule has 3 aromatic rings. The number of nitrogens with one attached hydrogen (secondary N) is 3. The zero-order valence-electron chi connectivity index (χ0n) is 18.4. The maximum atomic E-state index is 12.1. The Morgan fingerprint density at radius 3 is 2.48 bits per heavy atom. The molecule has 3 rings (SSSR count). The summed E-state index contributed by atoms with van der Waals surface area (Å²) in [6.45, 7) is 1.61. The minimum absolute atomic E-state index is 0.0413.